The molecule has 130 valence electrons. The Morgan fingerprint density at radius 3 is 2.76 bits per heavy atom. The van der Waals surface area contributed by atoms with Crippen molar-refractivity contribution < 1.29 is 14.3 Å². The van der Waals surface area contributed by atoms with Crippen LogP contribution in [0.2, 0.25) is 0 Å². The standard InChI is InChI=1S/C18H19N3O3S/c1-3-21-16(19-20-18(21)25-12-17(22)23-2)11-24-15-10-6-8-13-7-4-5-9-14(13)15/h4-10H,3,11-12H2,1-2H3. The van der Waals surface area contributed by atoms with Crippen molar-refractivity contribution in [2.45, 2.75) is 25.2 Å². The van der Waals surface area contributed by atoms with E-state index in [1.807, 2.05) is 41.8 Å². The smallest absolute Gasteiger partial charge is 0.316 e. The molecule has 0 radical (unpaired) electrons. The Kier molecular flexibility index (Phi) is 5.55. The maximum atomic E-state index is 11.3. The van der Waals surface area contributed by atoms with Gasteiger partial charge >= 0.3 is 5.97 Å². The normalized spacial score (nSPS) is 10.8. The first-order chi connectivity index (χ1) is 12.2. The van der Waals surface area contributed by atoms with Crippen LogP contribution in [0.1, 0.15) is 12.7 Å². The van der Waals surface area contributed by atoms with Crippen LogP contribution in [-0.4, -0.2) is 33.6 Å². The molecule has 0 fully saturated rings. The van der Waals surface area contributed by atoms with E-state index in [9.17, 15) is 4.79 Å². The summed E-state index contributed by atoms with van der Waals surface area (Å²) in [6.07, 6.45) is 0. The lowest BCUT2D eigenvalue weighted by Crippen LogP contribution is -2.09. The molecule has 0 aliphatic carbocycles. The van der Waals surface area contributed by atoms with Crippen LogP contribution in [-0.2, 0) is 22.7 Å². The van der Waals surface area contributed by atoms with Crippen LogP contribution < -0.4 is 4.74 Å². The van der Waals surface area contributed by atoms with Crippen LogP contribution in [0.3, 0.4) is 0 Å². The highest BCUT2D eigenvalue weighted by atomic mass is 32.2. The lowest BCUT2D eigenvalue weighted by atomic mass is 10.1. The summed E-state index contributed by atoms with van der Waals surface area (Å²) in [5.74, 6) is 1.46. The van der Waals surface area contributed by atoms with E-state index in [-0.39, 0.29) is 11.7 Å². The first kappa shape index (κ1) is 17.3. The van der Waals surface area contributed by atoms with Gasteiger partial charge < -0.3 is 14.0 Å². The molecule has 0 aliphatic rings. The molecule has 3 rings (SSSR count). The molecule has 1 heterocycles. The van der Waals surface area contributed by atoms with Crippen LogP contribution in [0.5, 0.6) is 5.75 Å². The second kappa shape index (κ2) is 8.02. The fraction of sp³-hybridized carbons (Fsp3) is 0.278. The minimum atomic E-state index is -0.288. The third-order valence-corrected chi connectivity index (χ3v) is 4.70. The monoisotopic (exact) mass is 357 g/mol. The highest BCUT2D eigenvalue weighted by Crippen LogP contribution is 2.26. The van der Waals surface area contributed by atoms with E-state index < -0.39 is 0 Å². The first-order valence-corrected chi connectivity index (χ1v) is 8.93. The van der Waals surface area contributed by atoms with Crippen molar-refractivity contribution in [1.29, 1.82) is 0 Å². The minimum Gasteiger partial charge on any atom is -0.485 e. The summed E-state index contributed by atoms with van der Waals surface area (Å²) in [4.78, 5) is 11.3. The zero-order chi connectivity index (χ0) is 17.6. The van der Waals surface area contributed by atoms with Crippen molar-refractivity contribution in [3.05, 3.63) is 48.3 Å². The molecule has 6 nitrogen and oxygen atoms in total. The second-order valence-corrected chi connectivity index (χ2v) is 6.22. The summed E-state index contributed by atoms with van der Waals surface area (Å²) in [5, 5.41) is 11.2. The van der Waals surface area contributed by atoms with Gasteiger partial charge in [0.1, 0.15) is 12.4 Å². The van der Waals surface area contributed by atoms with E-state index >= 15 is 0 Å². The average molecular weight is 357 g/mol. The van der Waals surface area contributed by atoms with Gasteiger partial charge in [0, 0.05) is 11.9 Å². The fourth-order valence-electron chi connectivity index (χ4n) is 2.50. The van der Waals surface area contributed by atoms with Gasteiger partial charge in [-0.05, 0) is 18.4 Å². The lowest BCUT2D eigenvalue weighted by molar-refractivity contribution is -0.137. The second-order valence-electron chi connectivity index (χ2n) is 5.27. The molecule has 0 atom stereocenters. The Hall–Kier alpha value is -2.54. The predicted octanol–water partition coefficient (Wildman–Crippen LogP) is 3.30. The molecule has 0 unspecified atom stereocenters. The van der Waals surface area contributed by atoms with Crippen molar-refractivity contribution in [2.75, 3.05) is 12.9 Å². The average Bonchev–Trinajstić information content (AvgIpc) is 3.06. The van der Waals surface area contributed by atoms with Crippen molar-refractivity contribution in [3.63, 3.8) is 0 Å². The number of thioether (sulfide) groups is 1. The summed E-state index contributed by atoms with van der Waals surface area (Å²) >= 11 is 1.31. The Morgan fingerprint density at radius 2 is 1.96 bits per heavy atom. The minimum absolute atomic E-state index is 0.207. The van der Waals surface area contributed by atoms with E-state index in [1.54, 1.807) is 0 Å². The van der Waals surface area contributed by atoms with Gasteiger partial charge in [0.05, 0.1) is 12.9 Å². The number of hydrogen-bond acceptors (Lipinski definition) is 6. The summed E-state index contributed by atoms with van der Waals surface area (Å²) in [6, 6.07) is 14.1. The van der Waals surface area contributed by atoms with E-state index in [2.05, 4.69) is 27.1 Å². The number of ether oxygens (including phenoxy) is 2. The maximum absolute atomic E-state index is 11.3. The van der Waals surface area contributed by atoms with Crippen molar-refractivity contribution >= 4 is 28.5 Å². The molecular formula is C18H19N3O3S. The van der Waals surface area contributed by atoms with Gasteiger partial charge in [-0.15, -0.1) is 10.2 Å². The number of nitrogens with zero attached hydrogens (tertiary/aromatic N) is 3. The zero-order valence-corrected chi connectivity index (χ0v) is 15.0. The van der Waals surface area contributed by atoms with Crippen LogP contribution in [0.4, 0.5) is 0 Å². The number of carbonyl (C=O) groups excluding carboxylic acids is 1. The van der Waals surface area contributed by atoms with Gasteiger partial charge in [-0.2, -0.15) is 0 Å². The Labute approximate surface area is 150 Å². The molecule has 7 heteroatoms. The molecule has 2 aromatic carbocycles. The number of aromatic nitrogens is 3. The van der Waals surface area contributed by atoms with Gasteiger partial charge in [-0.25, -0.2) is 0 Å². The van der Waals surface area contributed by atoms with Crippen LogP contribution in [0, 0.1) is 0 Å². The van der Waals surface area contributed by atoms with Gasteiger partial charge in [0.15, 0.2) is 11.0 Å². The maximum Gasteiger partial charge on any atom is 0.316 e. The van der Waals surface area contributed by atoms with Gasteiger partial charge in [0.2, 0.25) is 0 Å². The number of fused-ring (bicyclic) bond motifs is 1. The third kappa shape index (κ3) is 3.93. The quantitative estimate of drug-likeness (QED) is 0.477. The topological polar surface area (TPSA) is 66.2 Å². The molecule has 0 bridgehead atoms. The molecule has 0 spiro atoms. The van der Waals surface area contributed by atoms with Crippen molar-refractivity contribution in [2.24, 2.45) is 0 Å². The van der Waals surface area contributed by atoms with E-state index in [0.717, 1.165) is 22.3 Å². The number of rotatable bonds is 7. The van der Waals surface area contributed by atoms with E-state index in [0.29, 0.717) is 18.3 Å². The lowest BCUT2D eigenvalue weighted by Gasteiger charge is -2.10. The van der Waals surface area contributed by atoms with Crippen molar-refractivity contribution in [1.82, 2.24) is 14.8 Å². The molecule has 0 saturated carbocycles. The van der Waals surface area contributed by atoms with E-state index in [4.69, 9.17) is 4.74 Å². The van der Waals surface area contributed by atoms with E-state index in [1.165, 1.54) is 18.9 Å². The fourth-order valence-corrected chi connectivity index (χ4v) is 3.35. The number of benzene rings is 2. The van der Waals surface area contributed by atoms with Gasteiger partial charge in [0.25, 0.3) is 0 Å². The highest BCUT2D eigenvalue weighted by molar-refractivity contribution is 7.99. The van der Waals surface area contributed by atoms with Gasteiger partial charge in [-0.1, -0.05) is 48.2 Å². The highest BCUT2D eigenvalue weighted by Gasteiger charge is 2.14. The SMILES string of the molecule is CCn1c(COc2cccc3ccccc23)nnc1SCC(=O)OC. The molecule has 3 aromatic rings. The zero-order valence-electron chi connectivity index (χ0n) is 14.1. The van der Waals surface area contributed by atoms with Crippen LogP contribution >= 0.6 is 11.8 Å². The number of methoxy groups -OCH3 is 1. The number of hydrogen-bond donors (Lipinski definition) is 0. The van der Waals surface area contributed by atoms with Crippen LogP contribution in [0.15, 0.2) is 47.6 Å². The number of esters is 1. The Balaban J connectivity index is 1.74. The molecule has 25 heavy (non-hydrogen) atoms. The third-order valence-electron chi connectivity index (χ3n) is 3.76. The first-order valence-electron chi connectivity index (χ1n) is 7.95. The molecule has 0 amide bonds. The number of carbonyl (C=O) groups is 1. The summed E-state index contributed by atoms with van der Waals surface area (Å²) < 4.78 is 12.6. The largest absolute Gasteiger partial charge is 0.485 e. The summed E-state index contributed by atoms with van der Waals surface area (Å²) in [5.41, 5.74) is 0. The molecule has 0 N–H and O–H groups in total. The Morgan fingerprint density at radius 1 is 1.16 bits per heavy atom. The molecule has 1 aromatic heterocycles. The Bertz CT molecular complexity index is 874. The molecular weight excluding hydrogens is 338 g/mol. The summed E-state index contributed by atoms with van der Waals surface area (Å²) in [6.45, 7) is 3.02. The predicted molar refractivity (Wildman–Crippen MR) is 96.7 cm³/mol. The summed E-state index contributed by atoms with van der Waals surface area (Å²) in [7, 11) is 1.37. The molecule has 0 saturated heterocycles. The van der Waals surface area contributed by atoms with Gasteiger partial charge in [-0.3, -0.25) is 4.79 Å². The molecule has 0 aliphatic heterocycles. The van der Waals surface area contributed by atoms with Crippen LogP contribution in [0.25, 0.3) is 10.8 Å². The van der Waals surface area contributed by atoms with Crippen molar-refractivity contribution in [3.8, 4) is 5.75 Å².